The smallest absolute Gasteiger partial charge is 0.164 e. The Morgan fingerprint density at radius 1 is 1.53 bits per heavy atom. The van der Waals surface area contributed by atoms with Crippen molar-refractivity contribution in [2.24, 2.45) is 0 Å². The highest BCUT2D eigenvalue weighted by Gasteiger charge is 2.14. The molecular weight excluding hydrogens is 254 g/mol. The summed E-state index contributed by atoms with van der Waals surface area (Å²) in [7, 11) is 0. The van der Waals surface area contributed by atoms with Gasteiger partial charge in [-0.2, -0.15) is 4.37 Å². The largest absolute Gasteiger partial charge is 0.375 e. The summed E-state index contributed by atoms with van der Waals surface area (Å²) >= 11 is 2.94. The SMILES string of the molecule is CC(=O)c1c(C)nsc1NCCc1cscn1. The third-order valence-electron chi connectivity index (χ3n) is 2.36. The number of rotatable bonds is 5. The van der Waals surface area contributed by atoms with Crippen LogP contribution in [-0.4, -0.2) is 21.7 Å². The number of hydrogen-bond acceptors (Lipinski definition) is 6. The first kappa shape index (κ1) is 12.2. The number of carbonyl (C=O) groups excluding carboxylic acids is 1. The van der Waals surface area contributed by atoms with E-state index in [2.05, 4.69) is 14.7 Å². The average molecular weight is 267 g/mol. The number of nitrogens with zero attached hydrogens (tertiary/aromatic N) is 2. The highest BCUT2D eigenvalue weighted by Crippen LogP contribution is 2.24. The van der Waals surface area contributed by atoms with Gasteiger partial charge in [-0.3, -0.25) is 4.79 Å². The number of thiazole rings is 1. The predicted octanol–water partition coefficient (Wildman–Crippen LogP) is 2.77. The molecule has 0 fully saturated rings. The van der Waals surface area contributed by atoms with Crippen molar-refractivity contribution in [3.05, 3.63) is 27.8 Å². The number of nitrogens with one attached hydrogen (secondary N) is 1. The molecule has 2 aromatic heterocycles. The molecule has 17 heavy (non-hydrogen) atoms. The normalized spacial score (nSPS) is 10.5. The molecule has 0 bridgehead atoms. The van der Waals surface area contributed by atoms with E-state index in [1.807, 2.05) is 17.8 Å². The van der Waals surface area contributed by atoms with E-state index >= 15 is 0 Å². The fourth-order valence-electron chi connectivity index (χ4n) is 1.57. The molecule has 0 saturated heterocycles. The van der Waals surface area contributed by atoms with E-state index in [1.165, 1.54) is 11.5 Å². The third-order valence-corrected chi connectivity index (χ3v) is 3.90. The molecule has 6 heteroatoms. The van der Waals surface area contributed by atoms with Crippen molar-refractivity contribution in [3.63, 3.8) is 0 Å². The number of ketones is 1. The molecule has 2 aromatic rings. The van der Waals surface area contributed by atoms with E-state index in [0.29, 0.717) is 5.56 Å². The van der Waals surface area contributed by atoms with Crippen molar-refractivity contribution in [1.29, 1.82) is 0 Å². The fourth-order valence-corrected chi connectivity index (χ4v) is 3.03. The van der Waals surface area contributed by atoms with Gasteiger partial charge in [0.1, 0.15) is 5.00 Å². The maximum Gasteiger partial charge on any atom is 0.164 e. The van der Waals surface area contributed by atoms with Gasteiger partial charge in [-0.05, 0) is 25.4 Å². The van der Waals surface area contributed by atoms with Crippen molar-refractivity contribution in [2.75, 3.05) is 11.9 Å². The van der Waals surface area contributed by atoms with Crippen LogP contribution in [0.4, 0.5) is 5.00 Å². The number of Topliss-reactive ketones (excluding diaryl/α,β-unsaturated/α-hetero) is 1. The van der Waals surface area contributed by atoms with Gasteiger partial charge in [0.15, 0.2) is 5.78 Å². The topological polar surface area (TPSA) is 54.9 Å². The van der Waals surface area contributed by atoms with Crippen LogP contribution in [0.25, 0.3) is 0 Å². The van der Waals surface area contributed by atoms with Crippen molar-refractivity contribution >= 4 is 33.7 Å². The monoisotopic (exact) mass is 267 g/mol. The van der Waals surface area contributed by atoms with Gasteiger partial charge < -0.3 is 5.32 Å². The summed E-state index contributed by atoms with van der Waals surface area (Å²) in [5, 5.41) is 6.15. The number of aromatic nitrogens is 2. The second kappa shape index (κ2) is 5.37. The van der Waals surface area contributed by atoms with E-state index in [0.717, 1.165) is 29.4 Å². The van der Waals surface area contributed by atoms with Gasteiger partial charge in [-0.1, -0.05) is 0 Å². The molecule has 0 spiro atoms. The van der Waals surface area contributed by atoms with Gasteiger partial charge in [0.2, 0.25) is 0 Å². The molecule has 0 amide bonds. The predicted molar refractivity (Wildman–Crippen MR) is 71.2 cm³/mol. The summed E-state index contributed by atoms with van der Waals surface area (Å²) in [5.41, 5.74) is 4.42. The van der Waals surface area contributed by atoms with Crippen LogP contribution in [0, 0.1) is 6.92 Å². The zero-order valence-corrected chi connectivity index (χ0v) is 11.3. The van der Waals surface area contributed by atoms with E-state index < -0.39 is 0 Å². The Morgan fingerprint density at radius 2 is 2.35 bits per heavy atom. The van der Waals surface area contributed by atoms with Crippen molar-refractivity contribution in [3.8, 4) is 0 Å². The number of aryl methyl sites for hydroxylation is 1. The van der Waals surface area contributed by atoms with Crippen LogP contribution in [0.3, 0.4) is 0 Å². The van der Waals surface area contributed by atoms with Crippen LogP contribution in [-0.2, 0) is 6.42 Å². The van der Waals surface area contributed by atoms with Crippen molar-refractivity contribution < 1.29 is 4.79 Å². The van der Waals surface area contributed by atoms with E-state index in [-0.39, 0.29) is 5.78 Å². The summed E-state index contributed by atoms with van der Waals surface area (Å²) in [6, 6.07) is 0. The lowest BCUT2D eigenvalue weighted by Gasteiger charge is -2.03. The molecule has 4 nitrogen and oxygen atoms in total. The van der Waals surface area contributed by atoms with Crippen molar-refractivity contribution in [2.45, 2.75) is 20.3 Å². The minimum Gasteiger partial charge on any atom is -0.375 e. The average Bonchev–Trinajstić information content (AvgIpc) is 2.88. The van der Waals surface area contributed by atoms with Crippen LogP contribution in [0.5, 0.6) is 0 Å². The number of hydrogen-bond donors (Lipinski definition) is 1. The zero-order valence-electron chi connectivity index (χ0n) is 9.69. The van der Waals surface area contributed by atoms with Crippen molar-refractivity contribution in [1.82, 2.24) is 9.36 Å². The molecule has 2 heterocycles. The number of carbonyl (C=O) groups is 1. The quantitative estimate of drug-likeness (QED) is 0.846. The molecule has 2 rings (SSSR count). The van der Waals surface area contributed by atoms with E-state index in [1.54, 1.807) is 18.3 Å². The first-order valence-corrected chi connectivity index (χ1v) is 6.98. The maximum absolute atomic E-state index is 11.5. The lowest BCUT2D eigenvalue weighted by atomic mass is 10.2. The Bertz CT molecular complexity index is 505. The molecule has 90 valence electrons. The number of anilines is 1. The highest BCUT2D eigenvalue weighted by molar-refractivity contribution is 7.10. The van der Waals surface area contributed by atoms with Gasteiger partial charge in [-0.25, -0.2) is 4.98 Å². The Hall–Kier alpha value is -1.27. The first-order valence-electron chi connectivity index (χ1n) is 5.26. The van der Waals surface area contributed by atoms with Gasteiger partial charge in [0.25, 0.3) is 0 Å². The van der Waals surface area contributed by atoms with Gasteiger partial charge in [0.05, 0.1) is 22.5 Å². The van der Waals surface area contributed by atoms with Crippen LogP contribution >= 0.6 is 22.9 Å². The minimum atomic E-state index is 0.0624. The lowest BCUT2D eigenvalue weighted by Crippen LogP contribution is -2.07. The van der Waals surface area contributed by atoms with Crippen LogP contribution in [0.15, 0.2) is 10.9 Å². The Balaban J connectivity index is 1.97. The Morgan fingerprint density at radius 3 is 3.00 bits per heavy atom. The standard InChI is InChI=1S/C11H13N3OS2/c1-7-10(8(2)15)11(17-14-7)12-4-3-9-5-16-6-13-9/h5-6,12H,3-4H2,1-2H3. The Labute approximate surface area is 108 Å². The maximum atomic E-state index is 11.5. The molecule has 0 saturated carbocycles. The first-order chi connectivity index (χ1) is 8.18. The second-order valence-electron chi connectivity index (χ2n) is 3.68. The molecule has 0 aliphatic heterocycles. The Kier molecular flexibility index (Phi) is 3.86. The van der Waals surface area contributed by atoms with E-state index in [9.17, 15) is 4.79 Å². The van der Waals surface area contributed by atoms with Crippen LogP contribution in [0.1, 0.15) is 28.7 Å². The molecule has 0 aromatic carbocycles. The summed E-state index contributed by atoms with van der Waals surface area (Å²) in [4.78, 5) is 15.7. The summed E-state index contributed by atoms with van der Waals surface area (Å²) < 4.78 is 4.20. The fraction of sp³-hybridized carbons (Fsp3) is 0.364. The van der Waals surface area contributed by atoms with Gasteiger partial charge in [0, 0.05) is 18.3 Å². The zero-order chi connectivity index (χ0) is 12.3. The summed E-state index contributed by atoms with van der Waals surface area (Å²) in [6.07, 6.45) is 0.859. The van der Waals surface area contributed by atoms with Gasteiger partial charge in [-0.15, -0.1) is 11.3 Å². The van der Waals surface area contributed by atoms with Gasteiger partial charge >= 0.3 is 0 Å². The highest BCUT2D eigenvalue weighted by atomic mass is 32.1. The molecule has 0 radical (unpaired) electrons. The summed E-state index contributed by atoms with van der Waals surface area (Å²) in [5.74, 6) is 0.0624. The lowest BCUT2D eigenvalue weighted by molar-refractivity contribution is 0.101. The van der Waals surface area contributed by atoms with Crippen LogP contribution < -0.4 is 5.32 Å². The molecule has 0 aliphatic carbocycles. The minimum absolute atomic E-state index is 0.0624. The molecule has 1 N–H and O–H groups in total. The second-order valence-corrected chi connectivity index (χ2v) is 5.18. The molecule has 0 unspecified atom stereocenters. The molecule has 0 aliphatic rings. The van der Waals surface area contributed by atoms with Crippen LogP contribution in [0.2, 0.25) is 0 Å². The molecule has 0 atom stereocenters. The molecular formula is C11H13N3OS2. The van der Waals surface area contributed by atoms with E-state index in [4.69, 9.17) is 0 Å². The third kappa shape index (κ3) is 2.89. The summed E-state index contributed by atoms with van der Waals surface area (Å²) in [6.45, 7) is 4.20.